The number of ether oxygens (including phenoxy) is 1. The van der Waals surface area contributed by atoms with Crippen LogP contribution in [0.2, 0.25) is 0 Å². The van der Waals surface area contributed by atoms with Gasteiger partial charge >= 0.3 is 0 Å². The first kappa shape index (κ1) is 10.0. The highest BCUT2D eigenvalue weighted by Gasteiger charge is 2.27. The van der Waals surface area contributed by atoms with Gasteiger partial charge in [-0.3, -0.25) is 0 Å². The fourth-order valence-corrected chi connectivity index (χ4v) is 1.32. The number of aliphatic hydroxyl groups is 1. The molecule has 0 bridgehead atoms. The lowest BCUT2D eigenvalue weighted by Gasteiger charge is -2.22. The minimum absolute atomic E-state index is 0.482. The molecule has 12 heavy (non-hydrogen) atoms. The van der Waals surface area contributed by atoms with Crippen molar-refractivity contribution in [3.63, 3.8) is 0 Å². The predicted molar refractivity (Wildman–Crippen MR) is 49.1 cm³/mol. The second-order valence-corrected chi connectivity index (χ2v) is 4.12. The monoisotopic (exact) mass is 172 g/mol. The van der Waals surface area contributed by atoms with Gasteiger partial charge in [0.05, 0.1) is 12.2 Å². The van der Waals surface area contributed by atoms with Crippen molar-refractivity contribution in [2.75, 3.05) is 13.2 Å². The molecule has 1 rings (SSSR count). The fourth-order valence-electron chi connectivity index (χ4n) is 1.32. The molecule has 1 aliphatic rings. The normalized spacial score (nSPS) is 22.2. The second kappa shape index (κ2) is 4.24. The predicted octanol–water partition coefficient (Wildman–Crippen LogP) is 1.96. The standard InChI is InChI=1S/C10H20O2/c1-3-12-8-10(2,11)7-6-9-4-5-9/h9,11H,3-8H2,1-2H3. The Morgan fingerprint density at radius 1 is 1.50 bits per heavy atom. The van der Waals surface area contributed by atoms with Crippen molar-refractivity contribution in [1.29, 1.82) is 0 Å². The molecule has 0 radical (unpaired) electrons. The summed E-state index contributed by atoms with van der Waals surface area (Å²) in [4.78, 5) is 0. The van der Waals surface area contributed by atoms with Crippen LogP contribution in [-0.4, -0.2) is 23.9 Å². The zero-order valence-electron chi connectivity index (χ0n) is 8.18. The molecule has 0 amide bonds. The smallest absolute Gasteiger partial charge is 0.0852 e. The molecule has 2 heteroatoms. The highest BCUT2D eigenvalue weighted by molar-refractivity contribution is 4.79. The van der Waals surface area contributed by atoms with Gasteiger partial charge in [-0.1, -0.05) is 12.8 Å². The van der Waals surface area contributed by atoms with E-state index in [9.17, 15) is 5.11 Å². The number of rotatable bonds is 6. The van der Waals surface area contributed by atoms with Crippen molar-refractivity contribution >= 4 is 0 Å². The third kappa shape index (κ3) is 4.07. The zero-order valence-corrected chi connectivity index (χ0v) is 8.18. The van der Waals surface area contributed by atoms with Gasteiger partial charge in [0.15, 0.2) is 0 Å². The highest BCUT2D eigenvalue weighted by Crippen LogP contribution is 2.35. The average molecular weight is 172 g/mol. The SMILES string of the molecule is CCOCC(C)(O)CCC1CC1. The molecule has 0 aromatic carbocycles. The van der Waals surface area contributed by atoms with Crippen LogP contribution in [0.15, 0.2) is 0 Å². The van der Waals surface area contributed by atoms with Crippen LogP contribution >= 0.6 is 0 Å². The van der Waals surface area contributed by atoms with Crippen LogP contribution in [0.25, 0.3) is 0 Å². The first-order valence-corrected chi connectivity index (χ1v) is 4.94. The summed E-state index contributed by atoms with van der Waals surface area (Å²) in [5, 5.41) is 9.80. The van der Waals surface area contributed by atoms with Crippen molar-refractivity contribution in [2.24, 2.45) is 5.92 Å². The maximum atomic E-state index is 9.80. The Labute approximate surface area is 74.9 Å². The fraction of sp³-hybridized carbons (Fsp3) is 1.00. The van der Waals surface area contributed by atoms with E-state index in [1.807, 2.05) is 13.8 Å². The lowest BCUT2D eigenvalue weighted by atomic mass is 9.99. The van der Waals surface area contributed by atoms with Crippen LogP contribution in [-0.2, 0) is 4.74 Å². The molecule has 1 aliphatic carbocycles. The molecule has 0 heterocycles. The van der Waals surface area contributed by atoms with E-state index in [0.717, 1.165) is 12.3 Å². The molecule has 1 unspecified atom stereocenters. The van der Waals surface area contributed by atoms with E-state index in [1.165, 1.54) is 19.3 Å². The van der Waals surface area contributed by atoms with Gasteiger partial charge < -0.3 is 9.84 Å². The van der Waals surface area contributed by atoms with E-state index in [2.05, 4.69) is 0 Å². The van der Waals surface area contributed by atoms with Gasteiger partial charge in [0.25, 0.3) is 0 Å². The Balaban J connectivity index is 2.07. The van der Waals surface area contributed by atoms with Gasteiger partial charge in [0.2, 0.25) is 0 Å². The Morgan fingerprint density at radius 2 is 2.17 bits per heavy atom. The molecule has 72 valence electrons. The number of hydrogen-bond acceptors (Lipinski definition) is 2. The van der Waals surface area contributed by atoms with Crippen molar-refractivity contribution in [3.8, 4) is 0 Å². The summed E-state index contributed by atoms with van der Waals surface area (Å²) in [5.41, 5.74) is -0.599. The van der Waals surface area contributed by atoms with Crippen LogP contribution in [0.5, 0.6) is 0 Å². The molecule has 1 N–H and O–H groups in total. The van der Waals surface area contributed by atoms with Gasteiger partial charge in [-0.15, -0.1) is 0 Å². The largest absolute Gasteiger partial charge is 0.388 e. The molecule has 1 fully saturated rings. The summed E-state index contributed by atoms with van der Waals surface area (Å²) in [7, 11) is 0. The molecule has 0 aliphatic heterocycles. The van der Waals surface area contributed by atoms with E-state index in [1.54, 1.807) is 0 Å². The molecule has 0 saturated heterocycles. The third-order valence-electron chi connectivity index (χ3n) is 2.41. The molecule has 1 atom stereocenters. The first-order chi connectivity index (χ1) is 5.64. The summed E-state index contributed by atoms with van der Waals surface area (Å²) in [6, 6.07) is 0. The molecule has 1 saturated carbocycles. The van der Waals surface area contributed by atoms with Crippen LogP contribution < -0.4 is 0 Å². The zero-order chi connectivity index (χ0) is 9.03. The van der Waals surface area contributed by atoms with E-state index in [4.69, 9.17) is 4.74 Å². The Morgan fingerprint density at radius 3 is 2.67 bits per heavy atom. The van der Waals surface area contributed by atoms with Gasteiger partial charge in [-0.25, -0.2) is 0 Å². The molecule has 0 spiro atoms. The first-order valence-electron chi connectivity index (χ1n) is 4.94. The van der Waals surface area contributed by atoms with Gasteiger partial charge in [0.1, 0.15) is 0 Å². The highest BCUT2D eigenvalue weighted by atomic mass is 16.5. The third-order valence-corrected chi connectivity index (χ3v) is 2.41. The molecular formula is C10H20O2. The van der Waals surface area contributed by atoms with Crippen molar-refractivity contribution in [3.05, 3.63) is 0 Å². The maximum absolute atomic E-state index is 9.80. The topological polar surface area (TPSA) is 29.5 Å². The quantitative estimate of drug-likeness (QED) is 0.663. The Kier molecular flexibility index (Phi) is 3.53. The van der Waals surface area contributed by atoms with Crippen LogP contribution in [0.1, 0.15) is 39.5 Å². The summed E-state index contributed by atoms with van der Waals surface area (Å²) >= 11 is 0. The molecule has 2 nitrogen and oxygen atoms in total. The molecular weight excluding hydrogens is 152 g/mol. The van der Waals surface area contributed by atoms with Gasteiger partial charge in [-0.05, 0) is 32.6 Å². The summed E-state index contributed by atoms with van der Waals surface area (Å²) in [6.07, 6.45) is 4.78. The van der Waals surface area contributed by atoms with E-state index in [-0.39, 0.29) is 0 Å². The second-order valence-electron chi connectivity index (χ2n) is 4.12. The summed E-state index contributed by atoms with van der Waals surface area (Å²) in [6.45, 7) is 5.00. The van der Waals surface area contributed by atoms with Crippen LogP contribution in [0.4, 0.5) is 0 Å². The Hall–Kier alpha value is -0.0800. The van der Waals surface area contributed by atoms with E-state index < -0.39 is 5.60 Å². The van der Waals surface area contributed by atoms with E-state index in [0.29, 0.717) is 13.2 Å². The number of hydrogen-bond donors (Lipinski definition) is 1. The van der Waals surface area contributed by atoms with Crippen molar-refractivity contribution in [2.45, 2.75) is 45.1 Å². The lowest BCUT2D eigenvalue weighted by molar-refractivity contribution is -0.0374. The van der Waals surface area contributed by atoms with Crippen molar-refractivity contribution < 1.29 is 9.84 Å². The molecule has 0 aromatic rings. The van der Waals surface area contributed by atoms with Crippen LogP contribution in [0, 0.1) is 5.92 Å². The van der Waals surface area contributed by atoms with Crippen molar-refractivity contribution in [1.82, 2.24) is 0 Å². The Bertz CT molecular complexity index is 128. The van der Waals surface area contributed by atoms with Gasteiger partial charge in [-0.2, -0.15) is 0 Å². The van der Waals surface area contributed by atoms with E-state index >= 15 is 0 Å². The summed E-state index contributed by atoms with van der Waals surface area (Å²) in [5.74, 6) is 0.901. The van der Waals surface area contributed by atoms with Gasteiger partial charge in [0, 0.05) is 6.61 Å². The summed E-state index contributed by atoms with van der Waals surface area (Å²) < 4.78 is 5.20. The molecule has 0 aromatic heterocycles. The lowest BCUT2D eigenvalue weighted by Crippen LogP contribution is -2.30. The van der Waals surface area contributed by atoms with Crippen LogP contribution in [0.3, 0.4) is 0 Å². The minimum Gasteiger partial charge on any atom is -0.388 e. The minimum atomic E-state index is -0.599. The maximum Gasteiger partial charge on any atom is 0.0852 e. The average Bonchev–Trinajstić information content (AvgIpc) is 2.81.